The van der Waals surface area contributed by atoms with Gasteiger partial charge in [0.2, 0.25) is 5.91 Å². The first kappa shape index (κ1) is 31.7. The average molecular weight is 635 g/mol. The van der Waals surface area contributed by atoms with Crippen LogP contribution in [0.5, 0.6) is 0 Å². The first-order valence-electron chi connectivity index (χ1n) is 14.6. The molecule has 0 saturated carbocycles. The normalized spacial score (nSPS) is 12.2. The van der Waals surface area contributed by atoms with Crippen LogP contribution in [-0.4, -0.2) is 30.2 Å². The molecule has 2 aromatic heterocycles. The van der Waals surface area contributed by atoms with Crippen LogP contribution < -0.4 is 5.32 Å². The summed E-state index contributed by atoms with van der Waals surface area (Å²) in [7, 11) is -4.52. The van der Waals surface area contributed by atoms with Crippen molar-refractivity contribution in [1.29, 1.82) is 0 Å². The van der Waals surface area contributed by atoms with Crippen LogP contribution in [0.3, 0.4) is 0 Å². The Morgan fingerprint density at radius 2 is 1.75 bits per heavy atom. The second kappa shape index (κ2) is 12.7. The summed E-state index contributed by atoms with van der Waals surface area (Å²) in [5, 5.41) is 2.13. The molecular weight excluding hydrogens is 599 g/mol. The van der Waals surface area contributed by atoms with E-state index in [4.69, 9.17) is 21.0 Å². The Bertz CT molecular complexity index is 1850. The number of halogens is 1. The van der Waals surface area contributed by atoms with Gasteiger partial charge < -0.3 is 19.5 Å². The molecule has 0 fully saturated rings. The van der Waals surface area contributed by atoms with Gasteiger partial charge in [-0.1, -0.05) is 61.8 Å². The van der Waals surface area contributed by atoms with E-state index in [2.05, 4.69) is 10.3 Å². The number of aryl methyl sites for hydroxylation is 3. The van der Waals surface area contributed by atoms with Crippen LogP contribution in [0.4, 0.5) is 5.69 Å². The van der Waals surface area contributed by atoms with Crippen LogP contribution in [-0.2, 0) is 20.9 Å². The van der Waals surface area contributed by atoms with Crippen LogP contribution >= 0.6 is 19.2 Å². The summed E-state index contributed by atoms with van der Waals surface area (Å²) < 4.78 is 20.7. The van der Waals surface area contributed by atoms with Gasteiger partial charge in [0.15, 0.2) is 0 Å². The molecule has 0 bridgehead atoms. The lowest BCUT2D eigenvalue weighted by molar-refractivity contribution is -0.116. The van der Waals surface area contributed by atoms with Crippen molar-refractivity contribution in [1.82, 2.24) is 14.5 Å². The number of nitrogens with zero attached hydrogens (tertiary/aromatic N) is 3. The van der Waals surface area contributed by atoms with Crippen molar-refractivity contribution in [2.75, 3.05) is 5.32 Å². The molecule has 3 aromatic carbocycles. The Balaban J connectivity index is 1.39. The molecule has 2 heterocycles. The molecule has 0 aliphatic heterocycles. The number of nitrogens with one attached hydrogen (secondary N) is 1. The molecular formula is C33H36ClN4O5P. The Morgan fingerprint density at radius 3 is 2.43 bits per heavy atom. The highest BCUT2D eigenvalue weighted by atomic mass is 35.5. The van der Waals surface area contributed by atoms with Gasteiger partial charge in [0.05, 0.1) is 16.2 Å². The lowest BCUT2D eigenvalue weighted by Crippen LogP contribution is -2.27. The maximum Gasteiger partial charge on any atom is 0.336 e. The van der Waals surface area contributed by atoms with Gasteiger partial charge in [-0.25, -0.2) is 4.98 Å². The van der Waals surface area contributed by atoms with E-state index < -0.39 is 12.8 Å². The number of benzene rings is 3. The van der Waals surface area contributed by atoms with E-state index in [0.29, 0.717) is 46.6 Å². The molecule has 44 heavy (non-hydrogen) atoms. The van der Waals surface area contributed by atoms with Crippen molar-refractivity contribution in [3.8, 4) is 17.3 Å². The van der Waals surface area contributed by atoms with Crippen molar-refractivity contribution in [2.24, 2.45) is 0 Å². The summed E-state index contributed by atoms with van der Waals surface area (Å²) in [5.74, 6) is 0.363. The first-order chi connectivity index (χ1) is 21.0. The van der Waals surface area contributed by atoms with Crippen LogP contribution in [0, 0.1) is 13.8 Å². The zero-order valence-electron chi connectivity index (χ0n) is 25.2. The maximum atomic E-state index is 13.1. The van der Waals surface area contributed by atoms with Crippen molar-refractivity contribution < 1.29 is 23.6 Å². The standard InChI is InChI=1S/C33H36ClN4O5P/c1-5-33(6-2,44(40,41)42)25-10-7-8-11-26(25)36-29(39)13-9-12-28-31(23-15-17-24(34)18-16-23)37-32(43-28)38-20-35-30-22(4)21(3)14-19-27(30)38/h7-8,10-11,14-20H,5-6,9,12-13H2,1-4H3,(H,36,39)(H2,40,41,42). The zero-order valence-corrected chi connectivity index (χ0v) is 26.8. The number of carbonyl (C=O) groups is 1. The highest BCUT2D eigenvalue weighted by molar-refractivity contribution is 7.53. The van der Waals surface area contributed by atoms with E-state index in [1.807, 2.05) is 42.7 Å². The smallest absolute Gasteiger partial charge is 0.336 e. The number of carbonyl (C=O) groups excluding carboxylic acids is 1. The quantitative estimate of drug-likeness (QED) is 0.125. The van der Waals surface area contributed by atoms with Crippen molar-refractivity contribution >= 4 is 41.8 Å². The highest BCUT2D eigenvalue weighted by Gasteiger charge is 2.46. The third kappa shape index (κ3) is 5.97. The number of para-hydroxylation sites is 1. The molecule has 3 N–H and O–H groups in total. The lowest BCUT2D eigenvalue weighted by atomic mass is 9.91. The Morgan fingerprint density at radius 1 is 1.05 bits per heavy atom. The van der Waals surface area contributed by atoms with E-state index in [1.54, 1.807) is 56.6 Å². The minimum Gasteiger partial charge on any atom is -0.427 e. The first-order valence-corrected chi connectivity index (χ1v) is 16.6. The van der Waals surface area contributed by atoms with Crippen LogP contribution in [0.25, 0.3) is 28.3 Å². The molecule has 0 spiro atoms. The van der Waals surface area contributed by atoms with Crippen LogP contribution in [0.15, 0.2) is 71.4 Å². The van der Waals surface area contributed by atoms with Gasteiger partial charge in [-0.2, -0.15) is 4.98 Å². The minimum absolute atomic E-state index is 0.165. The van der Waals surface area contributed by atoms with Crippen molar-refractivity contribution in [2.45, 2.75) is 65.0 Å². The molecule has 9 nitrogen and oxygen atoms in total. The van der Waals surface area contributed by atoms with E-state index in [-0.39, 0.29) is 25.2 Å². The molecule has 0 radical (unpaired) electrons. The zero-order chi connectivity index (χ0) is 31.6. The largest absolute Gasteiger partial charge is 0.427 e. The Kier molecular flexibility index (Phi) is 9.14. The minimum atomic E-state index is -4.52. The molecule has 11 heteroatoms. The number of amides is 1. The van der Waals surface area contributed by atoms with Crippen molar-refractivity contribution in [3.05, 3.63) is 94.5 Å². The van der Waals surface area contributed by atoms with Crippen LogP contribution in [0.1, 0.15) is 62.0 Å². The third-order valence-corrected chi connectivity index (χ3v) is 10.7. The second-order valence-electron chi connectivity index (χ2n) is 11.0. The Hall–Kier alpha value is -3.75. The number of rotatable bonds is 11. The highest BCUT2D eigenvalue weighted by Crippen LogP contribution is 2.62. The van der Waals surface area contributed by atoms with Gasteiger partial charge in [0.25, 0.3) is 0 Å². The number of oxazole rings is 1. The maximum absolute atomic E-state index is 13.1. The van der Waals surface area contributed by atoms with Gasteiger partial charge in [-0.15, -0.1) is 0 Å². The number of imidazole rings is 1. The van der Waals surface area contributed by atoms with Gasteiger partial charge in [0.1, 0.15) is 17.8 Å². The molecule has 0 aliphatic carbocycles. The van der Waals surface area contributed by atoms with E-state index in [0.717, 1.165) is 27.7 Å². The van der Waals surface area contributed by atoms with E-state index in [9.17, 15) is 19.1 Å². The average Bonchev–Trinajstić information content (AvgIpc) is 3.61. The summed E-state index contributed by atoms with van der Waals surface area (Å²) in [5.41, 5.74) is 6.34. The van der Waals surface area contributed by atoms with Gasteiger partial charge in [0, 0.05) is 29.1 Å². The van der Waals surface area contributed by atoms with Crippen LogP contribution in [0.2, 0.25) is 5.02 Å². The monoisotopic (exact) mass is 634 g/mol. The van der Waals surface area contributed by atoms with Gasteiger partial charge >= 0.3 is 13.6 Å². The van der Waals surface area contributed by atoms with E-state index in [1.165, 1.54) is 0 Å². The molecule has 1 amide bonds. The van der Waals surface area contributed by atoms with Gasteiger partial charge in [-0.3, -0.25) is 13.9 Å². The lowest BCUT2D eigenvalue weighted by Gasteiger charge is -2.34. The van der Waals surface area contributed by atoms with Gasteiger partial charge in [-0.05, 0) is 74.1 Å². The number of fused-ring (bicyclic) bond motifs is 1. The van der Waals surface area contributed by atoms with E-state index >= 15 is 0 Å². The molecule has 230 valence electrons. The fraction of sp³-hybridized carbons (Fsp3) is 0.303. The van der Waals surface area contributed by atoms with Crippen molar-refractivity contribution in [3.63, 3.8) is 0 Å². The number of hydrogen-bond donors (Lipinski definition) is 3. The summed E-state index contributed by atoms with van der Waals surface area (Å²) >= 11 is 6.14. The summed E-state index contributed by atoms with van der Waals surface area (Å²) in [4.78, 5) is 43.1. The molecule has 0 saturated heterocycles. The molecule has 5 rings (SSSR count). The number of hydrogen-bond acceptors (Lipinski definition) is 5. The summed E-state index contributed by atoms with van der Waals surface area (Å²) in [6, 6.07) is 18.6. The SMILES string of the molecule is CCC(CC)(c1ccccc1NC(=O)CCCc1oc(-n2cnc3c(C)c(C)ccc32)nc1-c1ccc(Cl)cc1)P(=O)(O)O. The fourth-order valence-electron chi connectivity index (χ4n) is 5.74. The second-order valence-corrected chi connectivity index (χ2v) is 13.4. The number of anilines is 1. The topological polar surface area (TPSA) is 130 Å². The molecule has 0 aliphatic rings. The summed E-state index contributed by atoms with van der Waals surface area (Å²) in [6.45, 7) is 7.58. The molecule has 5 aromatic rings. The third-order valence-electron chi connectivity index (χ3n) is 8.49. The number of aromatic nitrogens is 3. The molecule has 0 atom stereocenters. The molecule has 0 unspecified atom stereocenters. The summed E-state index contributed by atoms with van der Waals surface area (Å²) in [6.07, 6.45) is 3.21. The predicted octanol–water partition coefficient (Wildman–Crippen LogP) is 8.11. The Labute approximate surface area is 261 Å². The fourth-order valence-corrected chi connectivity index (χ4v) is 7.20. The predicted molar refractivity (Wildman–Crippen MR) is 173 cm³/mol.